The first-order valence-electron chi connectivity index (χ1n) is 8.13. The number of benzene rings is 2. The lowest BCUT2D eigenvalue weighted by Crippen LogP contribution is -2.45. The number of anilines is 1. The van der Waals surface area contributed by atoms with Crippen LogP contribution in [0, 0.1) is 0 Å². The highest BCUT2D eigenvalue weighted by atomic mass is 16.2. The second kappa shape index (κ2) is 7.17. The van der Waals surface area contributed by atoms with E-state index in [2.05, 4.69) is 17.4 Å². The van der Waals surface area contributed by atoms with Crippen molar-refractivity contribution in [2.75, 3.05) is 18.4 Å². The van der Waals surface area contributed by atoms with Crippen molar-refractivity contribution >= 4 is 17.5 Å². The molecule has 0 aromatic heterocycles. The largest absolute Gasteiger partial charge is 0.376 e. The molecule has 2 amide bonds. The van der Waals surface area contributed by atoms with Crippen LogP contribution < -0.4 is 11.1 Å². The number of likely N-dealkylation sites (tertiary alicyclic amines) is 1. The van der Waals surface area contributed by atoms with E-state index in [1.165, 1.54) is 0 Å². The van der Waals surface area contributed by atoms with Crippen molar-refractivity contribution in [2.24, 2.45) is 5.73 Å². The van der Waals surface area contributed by atoms with Crippen LogP contribution in [0.1, 0.15) is 12.8 Å². The standard InChI is InChI=1S/C19H21N3O2/c20-19(24)17-7-4-12-22(17)18(23)13-21-16-10-8-15(9-11-16)14-5-2-1-3-6-14/h1-3,5-6,8-11,17,21H,4,7,12-13H2,(H2,20,24)/t17-/m0/s1. The Bertz CT molecular complexity index is 713. The average Bonchev–Trinajstić information content (AvgIpc) is 3.11. The van der Waals surface area contributed by atoms with Crippen molar-refractivity contribution in [3.63, 3.8) is 0 Å². The number of hydrogen-bond donors (Lipinski definition) is 2. The fourth-order valence-corrected chi connectivity index (χ4v) is 3.05. The van der Waals surface area contributed by atoms with Crippen LogP contribution in [0.15, 0.2) is 54.6 Å². The Morgan fingerprint density at radius 1 is 1.04 bits per heavy atom. The fraction of sp³-hybridized carbons (Fsp3) is 0.263. The van der Waals surface area contributed by atoms with Crippen LogP contribution in [0.4, 0.5) is 5.69 Å². The molecule has 5 nitrogen and oxygen atoms in total. The minimum atomic E-state index is -0.459. The van der Waals surface area contributed by atoms with E-state index in [-0.39, 0.29) is 12.5 Å². The summed E-state index contributed by atoms with van der Waals surface area (Å²) in [6.07, 6.45) is 1.48. The van der Waals surface area contributed by atoms with Gasteiger partial charge in [0.05, 0.1) is 6.54 Å². The summed E-state index contributed by atoms with van der Waals surface area (Å²) in [5.74, 6) is -0.517. The molecule has 1 atom stereocenters. The summed E-state index contributed by atoms with van der Waals surface area (Å²) >= 11 is 0. The van der Waals surface area contributed by atoms with E-state index >= 15 is 0 Å². The first-order valence-corrected chi connectivity index (χ1v) is 8.13. The Morgan fingerprint density at radius 2 is 1.71 bits per heavy atom. The molecule has 2 aromatic rings. The molecule has 3 N–H and O–H groups in total. The van der Waals surface area contributed by atoms with Gasteiger partial charge in [-0.2, -0.15) is 0 Å². The Balaban J connectivity index is 1.59. The summed E-state index contributed by atoms with van der Waals surface area (Å²) in [6.45, 7) is 0.759. The number of amides is 2. The Kier molecular flexibility index (Phi) is 4.79. The zero-order valence-electron chi connectivity index (χ0n) is 13.4. The highest BCUT2D eigenvalue weighted by molar-refractivity contribution is 5.89. The zero-order chi connectivity index (χ0) is 16.9. The fourth-order valence-electron chi connectivity index (χ4n) is 3.05. The molecule has 1 aliphatic rings. The van der Waals surface area contributed by atoms with Gasteiger partial charge in [0, 0.05) is 12.2 Å². The Labute approximate surface area is 141 Å². The number of nitrogens with one attached hydrogen (secondary N) is 1. The normalized spacial score (nSPS) is 16.8. The van der Waals surface area contributed by atoms with E-state index in [4.69, 9.17) is 5.73 Å². The lowest BCUT2D eigenvalue weighted by molar-refractivity contribution is -0.135. The number of nitrogens with two attached hydrogens (primary N) is 1. The molecule has 0 saturated carbocycles. The minimum Gasteiger partial charge on any atom is -0.376 e. The summed E-state index contributed by atoms with van der Waals surface area (Å²) in [5, 5.41) is 3.12. The molecule has 0 radical (unpaired) electrons. The van der Waals surface area contributed by atoms with Crippen LogP contribution in [0.2, 0.25) is 0 Å². The third-order valence-corrected chi connectivity index (χ3v) is 4.34. The van der Waals surface area contributed by atoms with Gasteiger partial charge >= 0.3 is 0 Å². The van der Waals surface area contributed by atoms with Gasteiger partial charge in [-0.15, -0.1) is 0 Å². The Morgan fingerprint density at radius 3 is 2.38 bits per heavy atom. The van der Waals surface area contributed by atoms with Crippen LogP contribution >= 0.6 is 0 Å². The van der Waals surface area contributed by atoms with Crippen LogP contribution in [0.5, 0.6) is 0 Å². The van der Waals surface area contributed by atoms with E-state index in [0.29, 0.717) is 13.0 Å². The number of carbonyl (C=O) groups excluding carboxylic acids is 2. The molecule has 1 fully saturated rings. The molecule has 5 heteroatoms. The van der Waals surface area contributed by atoms with Gasteiger partial charge in [0.25, 0.3) is 0 Å². The lowest BCUT2D eigenvalue weighted by atomic mass is 10.1. The van der Waals surface area contributed by atoms with Crippen LogP contribution in [-0.4, -0.2) is 35.8 Å². The molecule has 1 saturated heterocycles. The van der Waals surface area contributed by atoms with Gasteiger partial charge in [0.15, 0.2) is 0 Å². The molecular weight excluding hydrogens is 302 g/mol. The van der Waals surface area contributed by atoms with Crippen molar-refractivity contribution in [3.8, 4) is 11.1 Å². The molecule has 0 spiro atoms. The quantitative estimate of drug-likeness (QED) is 0.886. The number of nitrogens with zero attached hydrogens (tertiary/aromatic N) is 1. The molecule has 2 aromatic carbocycles. The maximum Gasteiger partial charge on any atom is 0.242 e. The van der Waals surface area contributed by atoms with Crippen molar-refractivity contribution in [1.29, 1.82) is 0 Å². The number of rotatable bonds is 5. The second-order valence-corrected chi connectivity index (χ2v) is 5.94. The van der Waals surface area contributed by atoms with E-state index in [1.807, 2.05) is 42.5 Å². The summed E-state index contributed by atoms with van der Waals surface area (Å²) in [4.78, 5) is 25.2. The van der Waals surface area contributed by atoms with Gasteiger partial charge in [0.2, 0.25) is 11.8 Å². The maximum atomic E-state index is 12.3. The predicted molar refractivity (Wildman–Crippen MR) is 94.3 cm³/mol. The summed E-state index contributed by atoms with van der Waals surface area (Å²) in [7, 11) is 0. The van der Waals surface area contributed by atoms with Gasteiger partial charge < -0.3 is 16.0 Å². The topological polar surface area (TPSA) is 75.4 Å². The highest BCUT2D eigenvalue weighted by Gasteiger charge is 2.32. The van der Waals surface area contributed by atoms with Crippen molar-refractivity contribution < 1.29 is 9.59 Å². The minimum absolute atomic E-state index is 0.0940. The molecule has 24 heavy (non-hydrogen) atoms. The van der Waals surface area contributed by atoms with Crippen LogP contribution in [0.3, 0.4) is 0 Å². The maximum absolute atomic E-state index is 12.3. The molecular formula is C19H21N3O2. The van der Waals surface area contributed by atoms with E-state index in [0.717, 1.165) is 23.2 Å². The molecule has 0 unspecified atom stereocenters. The van der Waals surface area contributed by atoms with Crippen molar-refractivity contribution in [1.82, 2.24) is 4.90 Å². The molecule has 3 rings (SSSR count). The number of carbonyl (C=O) groups is 2. The summed E-state index contributed by atoms with van der Waals surface area (Å²) < 4.78 is 0. The van der Waals surface area contributed by atoms with Gasteiger partial charge in [-0.1, -0.05) is 42.5 Å². The van der Waals surface area contributed by atoms with E-state index in [1.54, 1.807) is 4.90 Å². The van der Waals surface area contributed by atoms with Gasteiger partial charge in [-0.05, 0) is 36.1 Å². The predicted octanol–water partition coefficient (Wildman–Crippen LogP) is 2.24. The van der Waals surface area contributed by atoms with Gasteiger partial charge in [-0.25, -0.2) is 0 Å². The molecule has 0 aliphatic carbocycles. The summed E-state index contributed by atoms with van der Waals surface area (Å²) in [6, 6.07) is 17.6. The third-order valence-electron chi connectivity index (χ3n) is 4.34. The smallest absolute Gasteiger partial charge is 0.242 e. The Hall–Kier alpha value is -2.82. The monoisotopic (exact) mass is 323 g/mol. The van der Waals surface area contributed by atoms with Gasteiger partial charge in [-0.3, -0.25) is 9.59 Å². The summed E-state index contributed by atoms with van der Waals surface area (Å²) in [5.41, 5.74) is 8.50. The van der Waals surface area contributed by atoms with Crippen LogP contribution in [0.25, 0.3) is 11.1 Å². The van der Waals surface area contributed by atoms with Crippen molar-refractivity contribution in [2.45, 2.75) is 18.9 Å². The number of hydrogen-bond acceptors (Lipinski definition) is 3. The third kappa shape index (κ3) is 3.56. The molecule has 1 aliphatic heterocycles. The molecule has 1 heterocycles. The number of primary amides is 1. The highest BCUT2D eigenvalue weighted by Crippen LogP contribution is 2.21. The lowest BCUT2D eigenvalue weighted by Gasteiger charge is -2.22. The van der Waals surface area contributed by atoms with Crippen LogP contribution in [-0.2, 0) is 9.59 Å². The van der Waals surface area contributed by atoms with E-state index in [9.17, 15) is 9.59 Å². The molecule has 124 valence electrons. The zero-order valence-corrected chi connectivity index (χ0v) is 13.4. The molecule has 0 bridgehead atoms. The first kappa shape index (κ1) is 16.1. The van der Waals surface area contributed by atoms with Crippen molar-refractivity contribution in [3.05, 3.63) is 54.6 Å². The van der Waals surface area contributed by atoms with E-state index < -0.39 is 11.9 Å². The SMILES string of the molecule is NC(=O)[C@@H]1CCCN1C(=O)CNc1ccc(-c2ccccc2)cc1. The average molecular weight is 323 g/mol. The first-order chi connectivity index (χ1) is 11.6. The van der Waals surface area contributed by atoms with Gasteiger partial charge in [0.1, 0.15) is 6.04 Å². The second-order valence-electron chi connectivity index (χ2n) is 5.94.